The van der Waals surface area contributed by atoms with Crippen molar-refractivity contribution >= 4 is 5.82 Å². The standard InChI is InChI=1S/C19H23N7/c1-13-14-5-3-4-6-15(14)23-18(22-13)9-10-20-17-8-7-16(24-25-17)19-21-11-12-26(19)2/h7-8,11-12H,3-6,9-10H2,1-2H3,(H,20,25). The van der Waals surface area contributed by atoms with Crippen molar-refractivity contribution < 1.29 is 0 Å². The molecule has 0 atom stereocenters. The van der Waals surface area contributed by atoms with Crippen LogP contribution >= 0.6 is 0 Å². The van der Waals surface area contributed by atoms with Crippen LogP contribution in [0.4, 0.5) is 5.82 Å². The molecule has 0 saturated carbocycles. The van der Waals surface area contributed by atoms with Gasteiger partial charge in [-0.2, -0.15) is 0 Å². The number of aromatic nitrogens is 6. The van der Waals surface area contributed by atoms with Crippen LogP contribution in [0.3, 0.4) is 0 Å². The number of imidazole rings is 1. The molecule has 3 heterocycles. The van der Waals surface area contributed by atoms with E-state index in [0.29, 0.717) is 0 Å². The highest BCUT2D eigenvalue weighted by Gasteiger charge is 2.15. The second kappa shape index (κ2) is 7.19. The maximum Gasteiger partial charge on any atom is 0.160 e. The van der Waals surface area contributed by atoms with Crippen LogP contribution in [0, 0.1) is 6.92 Å². The Labute approximate surface area is 152 Å². The van der Waals surface area contributed by atoms with Crippen molar-refractivity contribution in [1.82, 2.24) is 29.7 Å². The van der Waals surface area contributed by atoms with Gasteiger partial charge in [0.05, 0.1) is 0 Å². The van der Waals surface area contributed by atoms with Crippen molar-refractivity contribution in [2.45, 2.75) is 39.0 Å². The Bertz CT molecular complexity index is 899. The second-order valence-corrected chi connectivity index (χ2v) is 6.70. The first-order valence-electron chi connectivity index (χ1n) is 9.11. The molecule has 3 aromatic heterocycles. The Morgan fingerprint density at radius 3 is 2.77 bits per heavy atom. The van der Waals surface area contributed by atoms with Crippen molar-refractivity contribution in [3.8, 4) is 11.5 Å². The average Bonchev–Trinajstić information content (AvgIpc) is 3.08. The van der Waals surface area contributed by atoms with E-state index in [-0.39, 0.29) is 0 Å². The molecule has 4 rings (SSSR count). The predicted octanol–water partition coefficient (Wildman–Crippen LogP) is 2.51. The minimum Gasteiger partial charge on any atom is -0.368 e. The summed E-state index contributed by atoms with van der Waals surface area (Å²) in [6.07, 6.45) is 9.12. The molecule has 0 fully saturated rings. The van der Waals surface area contributed by atoms with Crippen molar-refractivity contribution in [3.63, 3.8) is 0 Å². The van der Waals surface area contributed by atoms with E-state index in [2.05, 4.69) is 32.4 Å². The van der Waals surface area contributed by atoms with E-state index in [1.165, 1.54) is 24.1 Å². The fourth-order valence-electron chi connectivity index (χ4n) is 3.42. The number of nitrogens with zero attached hydrogens (tertiary/aromatic N) is 6. The molecule has 0 saturated heterocycles. The molecular formula is C19H23N7. The van der Waals surface area contributed by atoms with Gasteiger partial charge in [-0.25, -0.2) is 15.0 Å². The van der Waals surface area contributed by atoms with E-state index in [0.717, 1.165) is 54.7 Å². The lowest BCUT2D eigenvalue weighted by Gasteiger charge is -2.17. The SMILES string of the molecule is Cc1nc(CCNc2ccc(-c3nccn3C)nn2)nc2c1CCCC2. The van der Waals surface area contributed by atoms with Crippen LogP contribution in [0.5, 0.6) is 0 Å². The summed E-state index contributed by atoms with van der Waals surface area (Å²) in [5.74, 6) is 2.47. The quantitative estimate of drug-likeness (QED) is 0.762. The molecule has 1 N–H and O–H groups in total. The number of nitrogens with one attached hydrogen (secondary N) is 1. The van der Waals surface area contributed by atoms with Crippen LogP contribution in [0.2, 0.25) is 0 Å². The first-order chi connectivity index (χ1) is 12.7. The van der Waals surface area contributed by atoms with Gasteiger partial charge in [-0.15, -0.1) is 10.2 Å². The zero-order chi connectivity index (χ0) is 17.9. The van der Waals surface area contributed by atoms with Crippen molar-refractivity contribution in [3.05, 3.63) is 47.3 Å². The largest absolute Gasteiger partial charge is 0.368 e. The summed E-state index contributed by atoms with van der Waals surface area (Å²) in [6, 6.07) is 3.85. The van der Waals surface area contributed by atoms with Gasteiger partial charge in [0.1, 0.15) is 17.3 Å². The van der Waals surface area contributed by atoms with Crippen molar-refractivity contribution in [2.24, 2.45) is 7.05 Å². The Morgan fingerprint density at radius 2 is 2.00 bits per heavy atom. The van der Waals surface area contributed by atoms with E-state index in [1.807, 2.05) is 29.9 Å². The van der Waals surface area contributed by atoms with Gasteiger partial charge >= 0.3 is 0 Å². The Morgan fingerprint density at radius 1 is 1.12 bits per heavy atom. The molecule has 0 radical (unpaired) electrons. The van der Waals surface area contributed by atoms with E-state index in [4.69, 9.17) is 4.98 Å². The molecule has 1 aliphatic rings. The average molecular weight is 349 g/mol. The lowest BCUT2D eigenvalue weighted by atomic mass is 9.95. The molecule has 0 amide bonds. The van der Waals surface area contributed by atoms with Crippen molar-refractivity contribution in [1.29, 1.82) is 0 Å². The van der Waals surface area contributed by atoms with Crippen LogP contribution in [0.1, 0.15) is 35.6 Å². The molecule has 0 unspecified atom stereocenters. The van der Waals surface area contributed by atoms with Gasteiger partial charge in [0.2, 0.25) is 0 Å². The van der Waals surface area contributed by atoms with E-state index < -0.39 is 0 Å². The van der Waals surface area contributed by atoms with Crippen LogP contribution in [0.25, 0.3) is 11.5 Å². The third kappa shape index (κ3) is 3.42. The van der Waals surface area contributed by atoms with Crippen LogP contribution in [0.15, 0.2) is 24.5 Å². The lowest BCUT2D eigenvalue weighted by Crippen LogP contribution is -2.15. The molecule has 0 aliphatic heterocycles. The van der Waals surface area contributed by atoms with Gasteiger partial charge in [-0.05, 0) is 50.3 Å². The molecule has 0 bridgehead atoms. The smallest absolute Gasteiger partial charge is 0.160 e. The number of hydrogen-bond acceptors (Lipinski definition) is 6. The first kappa shape index (κ1) is 16.6. The Balaban J connectivity index is 1.38. The molecular weight excluding hydrogens is 326 g/mol. The number of anilines is 1. The summed E-state index contributed by atoms with van der Waals surface area (Å²) in [7, 11) is 1.94. The molecule has 7 heteroatoms. The van der Waals surface area contributed by atoms with Gasteiger partial charge in [-0.3, -0.25) is 0 Å². The van der Waals surface area contributed by atoms with Crippen LogP contribution in [-0.2, 0) is 26.3 Å². The number of hydrogen-bond donors (Lipinski definition) is 1. The second-order valence-electron chi connectivity index (χ2n) is 6.70. The van der Waals surface area contributed by atoms with E-state index in [1.54, 1.807) is 6.20 Å². The maximum atomic E-state index is 4.76. The Hall–Kier alpha value is -2.83. The van der Waals surface area contributed by atoms with Gasteiger partial charge in [0, 0.05) is 43.8 Å². The molecule has 7 nitrogen and oxygen atoms in total. The predicted molar refractivity (Wildman–Crippen MR) is 99.8 cm³/mol. The normalized spacial score (nSPS) is 13.5. The number of rotatable bonds is 5. The zero-order valence-electron chi connectivity index (χ0n) is 15.2. The first-order valence-corrected chi connectivity index (χ1v) is 9.11. The highest BCUT2D eigenvalue weighted by Crippen LogP contribution is 2.21. The monoisotopic (exact) mass is 349 g/mol. The van der Waals surface area contributed by atoms with E-state index >= 15 is 0 Å². The molecule has 26 heavy (non-hydrogen) atoms. The number of fused-ring (bicyclic) bond motifs is 1. The van der Waals surface area contributed by atoms with Gasteiger partial charge in [0.15, 0.2) is 5.82 Å². The molecule has 1 aliphatic carbocycles. The minimum absolute atomic E-state index is 0.731. The van der Waals surface area contributed by atoms with Crippen LogP contribution in [-0.4, -0.2) is 36.3 Å². The fourth-order valence-corrected chi connectivity index (χ4v) is 3.42. The Kier molecular flexibility index (Phi) is 4.60. The summed E-state index contributed by atoms with van der Waals surface area (Å²) in [4.78, 5) is 13.7. The minimum atomic E-state index is 0.731. The molecule has 134 valence electrons. The van der Waals surface area contributed by atoms with Gasteiger partial charge < -0.3 is 9.88 Å². The summed E-state index contributed by atoms with van der Waals surface area (Å²) in [6.45, 7) is 2.83. The molecule has 0 spiro atoms. The fraction of sp³-hybridized carbons (Fsp3) is 0.421. The maximum absolute atomic E-state index is 4.76. The van der Waals surface area contributed by atoms with Crippen molar-refractivity contribution in [2.75, 3.05) is 11.9 Å². The highest BCUT2D eigenvalue weighted by atomic mass is 15.2. The van der Waals surface area contributed by atoms with Gasteiger partial charge in [0.25, 0.3) is 0 Å². The summed E-state index contributed by atoms with van der Waals surface area (Å²) < 4.78 is 1.92. The summed E-state index contributed by atoms with van der Waals surface area (Å²) in [5.41, 5.74) is 4.52. The number of aryl methyl sites for hydroxylation is 3. The topological polar surface area (TPSA) is 81.4 Å². The van der Waals surface area contributed by atoms with E-state index in [9.17, 15) is 0 Å². The third-order valence-electron chi connectivity index (χ3n) is 4.81. The molecule has 3 aromatic rings. The zero-order valence-corrected chi connectivity index (χ0v) is 15.2. The summed E-state index contributed by atoms with van der Waals surface area (Å²) >= 11 is 0. The highest BCUT2D eigenvalue weighted by molar-refractivity contribution is 5.51. The molecule has 0 aromatic carbocycles. The third-order valence-corrected chi connectivity index (χ3v) is 4.81. The lowest BCUT2D eigenvalue weighted by molar-refractivity contribution is 0.647. The summed E-state index contributed by atoms with van der Waals surface area (Å²) in [5, 5.41) is 11.8. The van der Waals surface area contributed by atoms with Crippen LogP contribution < -0.4 is 5.32 Å². The van der Waals surface area contributed by atoms with Gasteiger partial charge in [-0.1, -0.05) is 0 Å².